The molecule has 0 fully saturated rings. The highest BCUT2D eigenvalue weighted by molar-refractivity contribution is 6.04. The molecule has 3 rings (SSSR count). The van der Waals surface area contributed by atoms with Crippen molar-refractivity contribution < 1.29 is 0 Å². The highest BCUT2D eigenvalue weighted by Crippen LogP contribution is 2.32. The smallest absolute Gasteiger partial charge is 0.0638 e. The number of hydrogen-bond donors (Lipinski definition) is 0. The van der Waals surface area contributed by atoms with Crippen molar-refractivity contribution >= 4 is 17.5 Å². The van der Waals surface area contributed by atoms with Gasteiger partial charge in [-0.1, -0.05) is 141 Å². The first-order valence-corrected chi connectivity index (χ1v) is 20.0. The van der Waals surface area contributed by atoms with Gasteiger partial charge < -0.3 is 0 Å². The maximum absolute atomic E-state index is 5.38. The SMILES string of the molecule is CCCCCCCCc1cc(C=C(C)C(CC)=Nc2cc(CCCC)c(C)c(CCCCCC)c2)cc(-c2ccccc2)c1CCCC. The monoisotopic (exact) mass is 648 g/mol. The van der Waals surface area contributed by atoms with Crippen LogP contribution in [0, 0.1) is 6.92 Å². The average molecular weight is 648 g/mol. The second-order valence-corrected chi connectivity index (χ2v) is 14.2. The van der Waals surface area contributed by atoms with Crippen molar-refractivity contribution in [3.63, 3.8) is 0 Å². The molecule has 3 aromatic carbocycles. The summed E-state index contributed by atoms with van der Waals surface area (Å²) in [5, 5.41) is 0. The second kappa shape index (κ2) is 22.7. The van der Waals surface area contributed by atoms with E-state index in [9.17, 15) is 0 Å². The predicted octanol–water partition coefficient (Wildman–Crippen LogP) is 15.0. The van der Waals surface area contributed by atoms with Gasteiger partial charge in [-0.25, -0.2) is 0 Å². The fourth-order valence-corrected chi connectivity index (χ4v) is 7.13. The number of rotatable bonds is 23. The third-order valence-corrected chi connectivity index (χ3v) is 10.2. The van der Waals surface area contributed by atoms with Gasteiger partial charge in [-0.15, -0.1) is 0 Å². The van der Waals surface area contributed by atoms with Crippen molar-refractivity contribution in [2.24, 2.45) is 4.99 Å². The van der Waals surface area contributed by atoms with Gasteiger partial charge >= 0.3 is 0 Å². The van der Waals surface area contributed by atoms with E-state index in [0.29, 0.717) is 0 Å². The van der Waals surface area contributed by atoms with Crippen molar-refractivity contribution in [1.82, 2.24) is 0 Å². The first-order valence-electron chi connectivity index (χ1n) is 20.0. The Balaban J connectivity index is 2.03. The molecule has 0 bridgehead atoms. The molecule has 0 aromatic heterocycles. The molecule has 0 radical (unpaired) electrons. The summed E-state index contributed by atoms with van der Waals surface area (Å²) in [4.78, 5) is 5.38. The summed E-state index contributed by atoms with van der Waals surface area (Å²) in [6, 6.07) is 20.9. The maximum Gasteiger partial charge on any atom is 0.0638 e. The fraction of sp³-hybridized carbons (Fsp3) is 0.553. The standard InChI is InChI=1S/C47H69N/c1-8-13-17-19-20-23-30-43-33-39(34-46(45(43)31-16-11-4)40-27-24-21-25-28-40)32-37(6)47(12-5)48-44-35-41(26-15-10-3)38(7)42(36-44)29-22-18-14-9-2/h21,24-25,27-28,32-36H,8-20,22-23,26,29-31H2,1-7H3. The largest absolute Gasteiger partial charge is 0.253 e. The molecule has 0 saturated carbocycles. The molecule has 0 aliphatic rings. The van der Waals surface area contributed by atoms with Crippen LogP contribution in [-0.2, 0) is 25.7 Å². The fourth-order valence-electron chi connectivity index (χ4n) is 7.13. The van der Waals surface area contributed by atoms with Gasteiger partial charge in [0.2, 0.25) is 0 Å². The maximum atomic E-state index is 5.38. The first kappa shape index (κ1) is 39.5. The Labute approximate surface area is 296 Å². The van der Waals surface area contributed by atoms with Crippen LogP contribution in [0.3, 0.4) is 0 Å². The summed E-state index contributed by atoms with van der Waals surface area (Å²) < 4.78 is 0. The van der Waals surface area contributed by atoms with Crippen molar-refractivity contribution in [1.29, 1.82) is 0 Å². The Morgan fingerprint density at radius 1 is 0.583 bits per heavy atom. The Morgan fingerprint density at radius 3 is 1.75 bits per heavy atom. The van der Waals surface area contributed by atoms with Crippen molar-refractivity contribution in [2.75, 3.05) is 0 Å². The lowest BCUT2D eigenvalue weighted by Gasteiger charge is -2.18. The number of allylic oxidation sites excluding steroid dienone is 1. The van der Waals surface area contributed by atoms with Crippen LogP contribution in [0.5, 0.6) is 0 Å². The molecule has 0 aliphatic carbocycles. The van der Waals surface area contributed by atoms with Crippen LogP contribution in [0.2, 0.25) is 0 Å². The van der Waals surface area contributed by atoms with Gasteiger partial charge in [0, 0.05) is 5.71 Å². The molecular formula is C47H69N. The van der Waals surface area contributed by atoms with Crippen LogP contribution >= 0.6 is 0 Å². The van der Waals surface area contributed by atoms with E-state index in [1.165, 1.54) is 147 Å². The third kappa shape index (κ3) is 12.8. The molecule has 0 heterocycles. The van der Waals surface area contributed by atoms with Crippen LogP contribution in [0.1, 0.15) is 171 Å². The second-order valence-electron chi connectivity index (χ2n) is 14.2. The molecule has 0 unspecified atom stereocenters. The molecule has 262 valence electrons. The molecule has 0 saturated heterocycles. The molecule has 0 aliphatic heterocycles. The zero-order chi connectivity index (χ0) is 34.6. The zero-order valence-electron chi connectivity index (χ0n) is 32.2. The van der Waals surface area contributed by atoms with Crippen molar-refractivity contribution in [2.45, 2.75) is 170 Å². The Bertz CT molecular complexity index is 1410. The molecular weight excluding hydrogens is 579 g/mol. The first-order chi connectivity index (χ1) is 23.4. The van der Waals surface area contributed by atoms with Gasteiger partial charge in [-0.3, -0.25) is 4.99 Å². The molecule has 3 aromatic rings. The van der Waals surface area contributed by atoms with Gasteiger partial charge in [0.25, 0.3) is 0 Å². The number of benzene rings is 3. The summed E-state index contributed by atoms with van der Waals surface area (Å²) in [7, 11) is 0. The molecule has 48 heavy (non-hydrogen) atoms. The minimum absolute atomic E-state index is 0.928. The number of unbranched alkanes of at least 4 members (excludes halogenated alkanes) is 10. The molecule has 1 nitrogen and oxygen atoms in total. The molecule has 1 heteroatoms. The van der Waals surface area contributed by atoms with E-state index in [2.05, 4.69) is 109 Å². The van der Waals surface area contributed by atoms with Gasteiger partial charge in [0.1, 0.15) is 0 Å². The quantitative estimate of drug-likeness (QED) is 0.0717. The summed E-state index contributed by atoms with van der Waals surface area (Å²) in [5.74, 6) is 0. The number of aliphatic imine (C=N–C) groups is 1. The summed E-state index contributed by atoms with van der Waals surface area (Å²) in [6.07, 6.45) is 26.1. The van der Waals surface area contributed by atoms with E-state index in [1.54, 1.807) is 11.1 Å². The van der Waals surface area contributed by atoms with Crippen LogP contribution in [-0.4, -0.2) is 5.71 Å². The van der Waals surface area contributed by atoms with Crippen molar-refractivity contribution in [3.8, 4) is 11.1 Å². The van der Waals surface area contributed by atoms with E-state index >= 15 is 0 Å². The predicted molar refractivity (Wildman–Crippen MR) is 216 cm³/mol. The zero-order valence-corrected chi connectivity index (χ0v) is 32.2. The number of nitrogens with zero attached hydrogens (tertiary/aromatic N) is 1. The van der Waals surface area contributed by atoms with Gasteiger partial charge in [0.15, 0.2) is 0 Å². The lowest BCUT2D eigenvalue weighted by molar-refractivity contribution is 0.606. The highest BCUT2D eigenvalue weighted by Gasteiger charge is 2.14. The molecule has 0 spiro atoms. The minimum atomic E-state index is 0.928. The van der Waals surface area contributed by atoms with Crippen molar-refractivity contribution in [3.05, 3.63) is 93.6 Å². The van der Waals surface area contributed by atoms with Crippen LogP contribution in [0.25, 0.3) is 17.2 Å². The summed E-state index contributed by atoms with van der Waals surface area (Å²) in [6.45, 7) is 16.1. The van der Waals surface area contributed by atoms with Gasteiger partial charge in [-0.2, -0.15) is 0 Å². The van der Waals surface area contributed by atoms with Crippen LogP contribution in [0.15, 0.2) is 65.2 Å². The molecule has 0 atom stereocenters. The third-order valence-electron chi connectivity index (χ3n) is 10.2. The normalized spacial score (nSPS) is 12.2. The van der Waals surface area contributed by atoms with E-state index in [1.807, 2.05) is 0 Å². The Morgan fingerprint density at radius 2 is 1.12 bits per heavy atom. The average Bonchev–Trinajstić information content (AvgIpc) is 3.10. The number of aryl methyl sites for hydroxylation is 3. The summed E-state index contributed by atoms with van der Waals surface area (Å²) >= 11 is 0. The lowest BCUT2D eigenvalue weighted by atomic mass is 9.87. The molecule has 0 N–H and O–H groups in total. The number of hydrogen-bond acceptors (Lipinski definition) is 1. The van der Waals surface area contributed by atoms with E-state index in [0.717, 1.165) is 24.9 Å². The summed E-state index contributed by atoms with van der Waals surface area (Å²) in [5.41, 5.74) is 15.3. The van der Waals surface area contributed by atoms with E-state index in [-0.39, 0.29) is 0 Å². The van der Waals surface area contributed by atoms with Gasteiger partial charge in [0.05, 0.1) is 5.69 Å². The van der Waals surface area contributed by atoms with Gasteiger partial charge in [-0.05, 0) is 140 Å². The molecule has 0 amide bonds. The minimum Gasteiger partial charge on any atom is -0.253 e. The Kier molecular flexibility index (Phi) is 18.6. The van der Waals surface area contributed by atoms with E-state index < -0.39 is 0 Å². The van der Waals surface area contributed by atoms with Crippen LogP contribution < -0.4 is 0 Å². The Hall–Kier alpha value is -2.93. The topological polar surface area (TPSA) is 12.4 Å². The highest BCUT2D eigenvalue weighted by atomic mass is 14.7. The van der Waals surface area contributed by atoms with E-state index in [4.69, 9.17) is 4.99 Å². The lowest BCUT2D eigenvalue weighted by Crippen LogP contribution is -2.02. The van der Waals surface area contributed by atoms with Crippen LogP contribution in [0.4, 0.5) is 5.69 Å².